The quantitative estimate of drug-likeness (QED) is 0.775. The van der Waals surface area contributed by atoms with E-state index in [2.05, 4.69) is 10.3 Å². The van der Waals surface area contributed by atoms with Crippen LogP contribution in [0.5, 0.6) is 0 Å². The Labute approximate surface area is 137 Å². The van der Waals surface area contributed by atoms with E-state index in [1.807, 2.05) is 29.8 Å². The molecule has 0 fully saturated rings. The molecule has 0 bridgehead atoms. The monoisotopic (exact) mass is 338 g/mol. The van der Waals surface area contributed by atoms with Gasteiger partial charge in [0.2, 0.25) is 5.91 Å². The number of hydrogen-bond donors (Lipinski definition) is 2. The van der Waals surface area contributed by atoms with Gasteiger partial charge in [-0.1, -0.05) is 13.0 Å². The van der Waals surface area contributed by atoms with E-state index in [9.17, 15) is 9.59 Å². The van der Waals surface area contributed by atoms with E-state index in [1.165, 1.54) is 11.3 Å². The SMILES string of the molecule is CCc1nc(CNC(=O)CC(CC(=O)O)c2cccs2)cs1. The summed E-state index contributed by atoms with van der Waals surface area (Å²) in [4.78, 5) is 28.3. The topological polar surface area (TPSA) is 79.3 Å². The van der Waals surface area contributed by atoms with Gasteiger partial charge in [0.1, 0.15) is 0 Å². The van der Waals surface area contributed by atoms with Crippen molar-refractivity contribution in [3.63, 3.8) is 0 Å². The van der Waals surface area contributed by atoms with Crippen LogP contribution in [0.1, 0.15) is 41.3 Å². The predicted molar refractivity (Wildman–Crippen MR) is 87.3 cm³/mol. The van der Waals surface area contributed by atoms with Crippen molar-refractivity contribution in [2.24, 2.45) is 0 Å². The molecule has 5 nitrogen and oxygen atoms in total. The molecular weight excluding hydrogens is 320 g/mol. The summed E-state index contributed by atoms with van der Waals surface area (Å²) in [6, 6.07) is 3.74. The molecule has 2 heterocycles. The second-order valence-electron chi connectivity index (χ2n) is 4.88. The van der Waals surface area contributed by atoms with Crippen LogP contribution in [0.15, 0.2) is 22.9 Å². The smallest absolute Gasteiger partial charge is 0.304 e. The van der Waals surface area contributed by atoms with E-state index in [4.69, 9.17) is 5.11 Å². The lowest BCUT2D eigenvalue weighted by Crippen LogP contribution is -2.25. The van der Waals surface area contributed by atoms with E-state index in [1.54, 1.807) is 11.3 Å². The number of carboxylic acids is 1. The van der Waals surface area contributed by atoms with E-state index in [0.29, 0.717) is 6.54 Å². The molecule has 2 rings (SSSR count). The van der Waals surface area contributed by atoms with E-state index < -0.39 is 5.97 Å². The molecule has 2 N–H and O–H groups in total. The molecule has 0 saturated heterocycles. The van der Waals surface area contributed by atoms with Gasteiger partial charge in [0.25, 0.3) is 0 Å². The highest BCUT2D eigenvalue weighted by molar-refractivity contribution is 7.10. The fraction of sp³-hybridized carbons (Fsp3) is 0.400. The van der Waals surface area contributed by atoms with Crippen molar-refractivity contribution in [2.45, 2.75) is 38.6 Å². The third kappa shape index (κ3) is 4.92. The van der Waals surface area contributed by atoms with Crippen LogP contribution in [-0.4, -0.2) is 22.0 Å². The molecule has 118 valence electrons. The summed E-state index contributed by atoms with van der Waals surface area (Å²) in [6.45, 7) is 2.43. The third-order valence-corrected chi connectivity index (χ3v) is 5.24. The Bertz CT molecular complexity index is 623. The molecule has 7 heteroatoms. The number of thiophene rings is 1. The molecule has 0 aliphatic carbocycles. The molecule has 1 amide bonds. The maximum absolute atomic E-state index is 12.1. The van der Waals surface area contributed by atoms with Crippen molar-refractivity contribution in [3.8, 4) is 0 Å². The van der Waals surface area contributed by atoms with Gasteiger partial charge in [-0.3, -0.25) is 9.59 Å². The number of hydrogen-bond acceptors (Lipinski definition) is 5. The number of carboxylic acid groups (broad SMARTS) is 1. The Morgan fingerprint density at radius 1 is 1.36 bits per heavy atom. The van der Waals surface area contributed by atoms with Crippen LogP contribution < -0.4 is 5.32 Å². The number of aromatic nitrogens is 1. The van der Waals surface area contributed by atoms with E-state index >= 15 is 0 Å². The molecular formula is C15H18N2O3S2. The minimum absolute atomic E-state index is 0.0371. The maximum Gasteiger partial charge on any atom is 0.304 e. The minimum Gasteiger partial charge on any atom is -0.481 e. The molecule has 0 aliphatic rings. The van der Waals surface area contributed by atoms with Crippen molar-refractivity contribution >= 4 is 34.6 Å². The molecule has 0 spiro atoms. The van der Waals surface area contributed by atoms with Crippen LogP contribution in [0.2, 0.25) is 0 Å². The van der Waals surface area contributed by atoms with Gasteiger partial charge in [0, 0.05) is 22.6 Å². The predicted octanol–water partition coefficient (Wildman–Crippen LogP) is 3.03. The lowest BCUT2D eigenvalue weighted by molar-refractivity contribution is -0.137. The zero-order valence-electron chi connectivity index (χ0n) is 12.2. The van der Waals surface area contributed by atoms with Crippen molar-refractivity contribution in [2.75, 3.05) is 0 Å². The molecule has 0 radical (unpaired) electrons. The first-order valence-electron chi connectivity index (χ1n) is 7.03. The summed E-state index contributed by atoms with van der Waals surface area (Å²) in [5.74, 6) is -1.32. The third-order valence-electron chi connectivity index (χ3n) is 3.17. The molecule has 2 aromatic heterocycles. The van der Waals surface area contributed by atoms with Crippen molar-refractivity contribution in [1.29, 1.82) is 0 Å². The molecule has 0 saturated carbocycles. The first-order chi connectivity index (χ1) is 10.6. The number of thiazole rings is 1. The summed E-state index contributed by atoms with van der Waals surface area (Å²) in [5.41, 5.74) is 0.848. The van der Waals surface area contributed by atoms with Gasteiger partial charge in [-0.15, -0.1) is 22.7 Å². The van der Waals surface area contributed by atoms with Crippen LogP contribution in [-0.2, 0) is 22.6 Å². The van der Waals surface area contributed by atoms with Gasteiger partial charge < -0.3 is 10.4 Å². The minimum atomic E-state index is -0.890. The standard InChI is InChI=1S/C15H18N2O3S2/c1-2-14-17-11(9-22-14)8-16-13(18)6-10(7-15(19)20)12-4-3-5-21-12/h3-5,9-10H,2,6-8H2,1H3,(H,16,18)(H,19,20). The number of nitrogens with one attached hydrogen (secondary N) is 1. The molecule has 2 aromatic rings. The summed E-state index contributed by atoms with van der Waals surface area (Å²) < 4.78 is 0. The first kappa shape index (κ1) is 16.6. The summed E-state index contributed by atoms with van der Waals surface area (Å²) in [7, 11) is 0. The Morgan fingerprint density at radius 3 is 2.77 bits per heavy atom. The lowest BCUT2D eigenvalue weighted by atomic mass is 9.99. The zero-order chi connectivity index (χ0) is 15.9. The summed E-state index contributed by atoms with van der Waals surface area (Å²) in [6.07, 6.45) is 1.03. The fourth-order valence-electron chi connectivity index (χ4n) is 2.09. The van der Waals surface area contributed by atoms with Crippen LogP contribution in [0.25, 0.3) is 0 Å². The van der Waals surface area contributed by atoms with Gasteiger partial charge >= 0.3 is 5.97 Å². The zero-order valence-corrected chi connectivity index (χ0v) is 13.9. The van der Waals surface area contributed by atoms with Crippen LogP contribution in [0.4, 0.5) is 0 Å². The van der Waals surface area contributed by atoms with Crippen LogP contribution >= 0.6 is 22.7 Å². The first-order valence-corrected chi connectivity index (χ1v) is 8.79. The second kappa shape index (κ2) is 8.05. The van der Waals surface area contributed by atoms with Gasteiger partial charge in [0.05, 0.1) is 23.7 Å². The summed E-state index contributed by atoms with van der Waals surface area (Å²) >= 11 is 3.06. The average Bonchev–Trinajstić information content (AvgIpc) is 3.15. The fourth-order valence-corrected chi connectivity index (χ4v) is 3.66. The van der Waals surface area contributed by atoms with Crippen molar-refractivity contribution in [1.82, 2.24) is 10.3 Å². The summed E-state index contributed by atoms with van der Waals surface area (Å²) in [5, 5.41) is 16.7. The highest BCUT2D eigenvalue weighted by atomic mass is 32.1. The number of rotatable bonds is 8. The number of carbonyl (C=O) groups is 2. The van der Waals surface area contributed by atoms with Crippen molar-refractivity contribution in [3.05, 3.63) is 38.5 Å². The molecule has 0 aliphatic heterocycles. The number of carbonyl (C=O) groups excluding carboxylic acids is 1. The molecule has 1 atom stereocenters. The Balaban J connectivity index is 1.89. The van der Waals surface area contributed by atoms with Gasteiger partial charge in [0.15, 0.2) is 0 Å². The Morgan fingerprint density at radius 2 is 2.18 bits per heavy atom. The number of aryl methyl sites for hydroxylation is 1. The molecule has 0 aromatic carbocycles. The van der Waals surface area contributed by atoms with Gasteiger partial charge in [-0.05, 0) is 17.9 Å². The molecule has 1 unspecified atom stereocenters. The highest BCUT2D eigenvalue weighted by Gasteiger charge is 2.20. The van der Waals surface area contributed by atoms with Gasteiger partial charge in [-0.2, -0.15) is 0 Å². The molecule has 22 heavy (non-hydrogen) atoms. The normalized spacial score (nSPS) is 12.0. The Kier molecular flexibility index (Phi) is 6.09. The van der Waals surface area contributed by atoms with Crippen molar-refractivity contribution < 1.29 is 14.7 Å². The second-order valence-corrected chi connectivity index (χ2v) is 6.80. The Hall–Kier alpha value is -1.73. The van der Waals surface area contributed by atoms with Crippen LogP contribution in [0.3, 0.4) is 0 Å². The van der Waals surface area contributed by atoms with E-state index in [-0.39, 0.29) is 24.7 Å². The lowest BCUT2D eigenvalue weighted by Gasteiger charge is -2.12. The highest BCUT2D eigenvalue weighted by Crippen LogP contribution is 2.27. The average molecular weight is 338 g/mol. The maximum atomic E-state index is 12.1. The number of amides is 1. The van der Waals surface area contributed by atoms with Gasteiger partial charge in [-0.25, -0.2) is 4.98 Å². The largest absolute Gasteiger partial charge is 0.481 e. The van der Waals surface area contributed by atoms with E-state index in [0.717, 1.165) is 22.0 Å². The number of aliphatic carboxylic acids is 1. The van der Waals surface area contributed by atoms with Crippen LogP contribution in [0, 0.1) is 0 Å². The number of nitrogens with zero attached hydrogens (tertiary/aromatic N) is 1.